The average Bonchev–Trinajstić information content (AvgIpc) is 3.32. The number of nitrogens with zero attached hydrogens (tertiary/aromatic N) is 1. The van der Waals surface area contributed by atoms with Gasteiger partial charge < -0.3 is 81.4 Å². The molecule has 1 aliphatic rings. The van der Waals surface area contributed by atoms with Gasteiger partial charge in [0.25, 0.3) is 0 Å². The number of carboxylic acid groups (broad SMARTS) is 1. The molecular formula is C43H60N14O13S2. The summed E-state index contributed by atoms with van der Waals surface area (Å²) < 4.78 is 0. The summed E-state index contributed by atoms with van der Waals surface area (Å²) in [5, 5.41) is 38.2. The number of aliphatic imine (C=N–C) groups is 1. The molecule has 1 heterocycles. The molecule has 0 spiro atoms. The first kappa shape index (κ1) is 58.7. The number of guanidine groups is 1. The van der Waals surface area contributed by atoms with Gasteiger partial charge in [0.05, 0.1) is 19.0 Å². The predicted octanol–water partition coefficient (Wildman–Crippen LogP) is -5.68. The zero-order chi connectivity index (χ0) is 53.3. The first-order valence-corrected chi connectivity index (χ1v) is 24.6. The highest BCUT2D eigenvalue weighted by molar-refractivity contribution is 8.76. The summed E-state index contributed by atoms with van der Waals surface area (Å²) in [6, 6.07) is 3.71. The number of phenolic OH excluding ortho intramolecular Hbond substituents is 1. The van der Waals surface area contributed by atoms with Crippen LogP contribution in [0.15, 0.2) is 59.6 Å². The van der Waals surface area contributed by atoms with Crippen LogP contribution in [0, 0.1) is 0 Å². The third-order valence-corrected chi connectivity index (χ3v) is 12.7. The van der Waals surface area contributed by atoms with Crippen LogP contribution >= 0.6 is 21.6 Å². The molecule has 0 aromatic heterocycles. The quantitative estimate of drug-likeness (QED) is 0.0254. The molecule has 3 rings (SSSR count). The minimum Gasteiger partial charge on any atom is -0.508 e. The van der Waals surface area contributed by atoms with Crippen molar-refractivity contribution < 1.29 is 63.0 Å². The van der Waals surface area contributed by atoms with E-state index in [2.05, 4.69) is 47.5 Å². The highest BCUT2D eigenvalue weighted by Crippen LogP contribution is 2.23. The summed E-state index contributed by atoms with van der Waals surface area (Å²) >= 11 is 0. The van der Waals surface area contributed by atoms with Crippen molar-refractivity contribution in [3.8, 4) is 5.75 Å². The van der Waals surface area contributed by atoms with E-state index in [-0.39, 0.29) is 55.4 Å². The summed E-state index contributed by atoms with van der Waals surface area (Å²) in [5.74, 6) is -11.8. The molecule has 2 aromatic rings. The van der Waals surface area contributed by atoms with Crippen molar-refractivity contribution in [1.82, 2.24) is 42.5 Å². The number of aliphatic carboxylic acids is 1. The Balaban J connectivity index is 1.99. The number of rotatable bonds is 20. The summed E-state index contributed by atoms with van der Waals surface area (Å²) in [6.45, 7) is -1.51. The lowest BCUT2D eigenvalue weighted by molar-refractivity contribution is -0.138. The molecule has 0 bridgehead atoms. The normalized spacial score (nSPS) is 20.8. The Morgan fingerprint density at radius 3 is 1.83 bits per heavy atom. The molecule has 27 nitrogen and oxygen atoms in total. The van der Waals surface area contributed by atoms with Crippen molar-refractivity contribution in [3.05, 3.63) is 65.7 Å². The van der Waals surface area contributed by atoms with Crippen molar-refractivity contribution >= 4 is 92.6 Å². The number of carbonyl (C=O) groups excluding carboxylic acids is 10. The Labute approximate surface area is 420 Å². The number of amides is 10. The number of nitrogens with one attached hydrogen (secondary N) is 8. The number of phenols is 1. The summed E-state index contributed by atoms with van der Waals surface area (Å²) in [6.07, 6.45) is -1.97. The number of primary amides is 2. The maximum absolute atomic E-state index is 14.2. The van der Waals surface area contributed by atoms with Gasteiger partial charge in [0.2, 0.25) is 59.1 Å². The molecule has 0 saturated carbocycles. The van der Waals surface area contributed by atoms with E-state index in [0.717, 1.165) is 21.6 Å². The SMILES string of the molecule is NC(=O)CC[C@H]1NC(=O)[C@H](Cc2ccccc2)NC(=O)[C@@H](Cc2ccc(O)cc2)NC(=O)[C@H](N)CSSC[C@@H](C(=O)NCC(=O)N[C@@H](CCCN=C(N)N)C(=O)NCC(=O)O)NC(=O)[C@H](CC(N)=O)NC1=O. The predicted molar refractivity (Wildman–Crippen MR) is 262 cm³/mol. The van der Waals surface area contributed by atoms with Gasteiger partial charge in [0, 0.05) is 37.3 Å². The summed E-state index contributed by atoms with van der Waals surface area (Å²) in [4.78, 5) is 149. The van der Waals surface area contributed by atoms with Gasteiger partial charge in [-0.25, -0.2) is 0 Å². The van der Waals surface area contributed by atoms with Crippen LogP contribution in [-0.2, 0) is 65.6 Å². The molecule has 29 heteroatoms. The Morgan fingerprint density at radius 1 is 0.681 bits per heavy atom. The Morgan fingerprint density at radius 2 is 1.24 bits per heavy atom. The van der Waals surface area contributed by atoms with Crippen molar-refractivity contribution in [3.63, 3.8) is 0 Å². The third kappa shape index (κ3) is 22.0. The lowest BCUT2D eigenvalue weighted by Gasteiger charge is -2.27. The minimum atomic E-state index is -1.81. The lowest BCUT2D eigenvalue weighted by atomic mass is 10.0. The van der Waals surface area contributed by atoms with E-state index in [1.54, 1.807) is 30.3 Å². The van der Waals surface area contributed by atoms with Gasteiger partial charge in [0.15, 0.2) is 5.96 Å². The zero-order valence-electron chi connectivity index (χ0n) is 38.8. The van der Waals surface area contributed by atoms with Gasteiger partial charge in [-0.15, -0.1) is 0 Å². The van der Waals surface area contributed by atoms with Gasteiger partial charge in [-0.1, -0.05) is 64.1 Å². The zero-order valence-corrected chi connectivity index (χ0v) is 40.4. The summed E-state index contributed by atoms with van der Waals surface area (Å²) in [5.41, 5.74) is 28.8. The highest BCUT2D eigenvalue weighted by Gasteiger charge is 2.35. The molecule has 1 saturated heterocycles. The fourth-order valence-electron chi connectivity index (χ4n) is 6.56. The van der Waals surface area contributed by atoms with E-state index >= 15 is 0 Å². The molecule has 2 aromatic carbocycles. The lowest BCUT2D eigenvalue weighted by Crippen LogP contribution is -2.60. The van der Waals surface area contributed by atoms with Crippen LogP contribution in [0.3, 0.4) is 0 Å². The second kappa shape index (κ2) is 30.2. The fraction of sp³-hybridized carbons (Fsp3) is 0.442. The molecule has 72 heavy (non-hydrogen) atoms. The third-order valence-electron chi connectivity index (χ3n) is 10.2. The molecule has 20 N–H and O–H groups in total. The summed E-state index contributed by atoms with van der Waals surface area (Å²) in [7, 11) is 1.89. The van der Waals surface area contributed by atoms with Gasteiger partial charge in [-0.2, -0.15) is 0 Å². The van der Waals surface area contributed by atoms with E-state index < -0.39 is 140 Å². The van der Waals surface area contributed by atoms with Crippen LogP contribution in [0.1, 0.15) is 43.2 Å². The monoisotopic (exact) mass is 1040 g/mol. The van der Waals surface area contributed by atoms with Crippen LogP contribution in [0.4, 0.5) is 0 Å². The first-order valence-electron chi connectivity index (χ1n) is 22.1. The molecular weight excluding hydrogens is 985 g/mol. The second-order valence-corrected chi connectivity index (χ2v) is 18.7. The number of benzene rings is 2. The van der Waals surface area contributed by atoms with Gasteiger partial charge >= 0.3 is 5.97 Å². The number of carboxylic acids is 1. The van der Waals surface area contributed by atoms with E-state index in [9.17, 15) is 57.8 Å². The Kier molecular flexibility index (Phi) is 24.6. The fourth-order valence-corrected chi connectivity index (χ4v) is 8.85. The number of carbonyl (C=O) groups is 11. The number of hydrogen-bond donors (Lipinski definition) is 15. The van der Waals surface area contributed by atoms with E-state index in [4.69, 9.17) is 33.8 Å². The molecule has 7 atom stereocenters. The molecule has 1 fully saturated rings. The Bertz CT molecular complexity index is 2290. The van der Waals surface area contributed by atoms with Gasteiger partial charge in [-0.05, 0) is 42.5 Å². The molecule has 392 valence electrons. The van der Waals surface area contributed by atoms with Crippen LogP contribution < -0.4 is 71.2 Å². The molecule has 0 aliphatic carbocycles. The largest absolute Gasteiger partial charge is 0.508 e. The maximum Gasteiger partial charge on any atom is 0.322 e. The van der Waals surface area contributed by atoms with Crippen LogP contribution in [0.25, 0.3) is 0 Å². The molecule has 1 aliphatic heterocycles. The smallest absolute Gasteiger partial charge is 0.322 e. The van der Waals surface area contributed by atoms with Crippen LogP contribution in [0.5, 0.6) is 5.75 Å². The van der Waals surface area contributed by atoms with Gasteiger partial charge in [-0.3, -0.25) is 57.7 Å². The second-order valence-electron chi connectivity index (χ2n) is 16.1. The Hall–Kier alpha value is -7.66. The van der Waals surface area contributed by atoms with Crippen molar-refractivity contribution in [2.45, 2.75) is 87.2 Å². The van der Waals surface area contributed by atoms with E-state index in [1.807, 2.05) is 0 Å². The molecule has 0 radical (unpaired) electrons. The van der Waals surface area contributed by atoms with E-state index in [1.165, 1.54) is 24.3 Å². The van der Waals surface area contributed by atoms with Crippen LogP contribution in [0.2, 0.25) is 0 Å². The molecule has 0 unspecified atom stereocenters. The first-order chi connectivity index (χ1) is 34.1. The number of hydrogen-bond acceptors (Lipinski definition) is 16. The van der Waals surface area contributed by atoms with Gasteiger partial charge in [0.1, 0.15) is 48.5 Å². The number of nitrogens with two attached hydrogens (primary N) is 5. The molecule has 10 amide bonds. The topological polar surface area (TPSA) is 467 Å². The standard InChI is InChI=1S/C43H60N14O13S2/c44-25-20-71-72-21-31(38(66)50-18-34(61)52-26(7-4-14-49-43(47)48)37(65)51-19-35(62)63)57-42(70)30(17-33(46)60)56-39(67)27(12-13-32(45)59)53-40(68)29(15-22-5-2-1-3-6-22)55-41(69)28(54-36(25)64)16-23-8-10-24(58)11-9-23/h1-3,5-6,8-11,25-31,58H,4,7,12-21,44H2,(H2,45,59)(H2,46,60)(H,50,66)(H,51,65)(H,52,61)(H,53,68)(H,54,64)(H,55,69)(H,56,67)(H,57,70)(H,62,63)(H4,47,48,49)/t25-,26+,27-,28-,29+,30+,31+/m1/s1. The van der Waals surface area contributed by atoms with Crippen molar-refractivity contribution in [2.24, 2.45) is 33.7 Å². The highest BCUT2D eigenvalue weighted by atomic mass is 33.1. The van der Waals surface area contributed by atoms with Crippen LogP contribution in [-0.4, -0.2) is 155 Å². The number of aromatic hydroxyl groups is 1. The van der Waals surface area contributed by atoms with Crippen molar-refractivity contribution in [2.75, 3.05) is 31.1 Å². The maximum atomic E-state index is 14.2. The average molecular weight is 1050 g/mol. The van der Waals surface area contributed by atoms with Crippen molar-refractivity contribution in [1.29, 1.82) is 0 Å². The minimum absolute atomic E-state index is 0.0536. The van der Waals surface area contributed by atoms with E-state index in [0.29, 0.717) is 11.1 Å².